The van der Waals surface area contributed by atoms with Crippen LogP contribution in [0, 0.1) is 12.8 Å². The zero-order chi connectivity index (χ0) is 20.4. The fourth-order valence-corrected chi connectivity index (χ4v) is 4.55. The lowest BCUT2D eigenvalue weighted by molar-refractivity contribution is 0.0840. The Morgan fingerprint density at radius 2 is 2.00 bits per heavy atom. The minimum absolute atomic E-state index is 0.162. The smallest absolute Gasteiger partial charge is 0.290 e. The number of carbonyl (C=O) groups excluding carboxylic acids is 1. The zero-order valence-corrected chi connectivity index (χ0v) is 18.0. The summed E-state index contributed by atoms with van der Waals surface area (Å²) in [7, 11) is 0. The Hall–Kier alpha value is -1.76. The molecule has 156 valence electrons. The topological polar surface area (TPSA) is 61.6 Å². The van der Waals surface area contributed by atoms with E-state index in [0.717, 1.165) is 56.9 Å². The van der Waals surface area contributed by atoms with Crippen LogP contribution in [0.4, 0.5) is 5.69 Å². The van der Waals surface area contributed by atoms with Crippen molar-refractivity contribution in [2.75, 3.05) is 37.6 Å². The predicted octanol–water partition coefficient (Wildman–Crippen LogP) is 4.01. The van der Waals surface area contributed by atoms with Crippen LogP contribution in [0.15, 0.2) is 28.8 Å². The molecule has 1 aromatic carbocycles. The van der Waals surface area contributed by atoms with Crippen molar-refractivity contribution in [2.45, 2.75) is 32.2 Å². The van der Waals surface area contributed by atoms with Gasteiger partial charge in [-0.3, -0.25) is 9.69 Å². The van der Waals surface area contributed by atoms with Crippen LogP contribution in [0.25, 0.3) is 0 Å². The maximum Gasteiger partial charge on any atom is 0.290 e. The van der Waals surface area contributed by atoms with Gasteiger partial charge >= 0.3 is 0 Å². The van der Waals surface area contributed by atoms with Crippen LogP contribution in [0.2, 0.25) is 10.0 Å². The Bertz CT molecular complexity index is 858. The summed E-state index contributed by atoms with van der Waals surface area (Å²) in [6.07, 6.45) is 3.25. The molecule has 2 heterocycles. The molecule has 1 N–H and O–H groups in total. The van der Waals surface area contributed by atoms with Gasteiger partial charge in [-0.05, 0) is 50.8 Å². The SMILES string of the molecule is Cc1cc(C(=O)N[C@H]2C[C@@H](CCN3CCN(c4cccc(Cl)c4Cl)CC3)C2)on1. The van der Waals surface area contributed by atoms with Gasteiger partial charge in [0.25, 0.3) is 5.91 Å². The molecule has 0 bridgehead atoms. The van der Waals surface area contributed by atoms with Crippen LogP contribution in [0.3, 0.4) is 0 Å². The van der Waals surface area contributed by atoms with E-state index in [0.29, 0.717) is 21.7 Å². The molecule has 0 unspecified atom stereocenters. The van der Waals surface area contributed by atoms with E-state index in [2.05, 4.69) is 20.3 Å². The summed E-state index contributed by atoms with van der Waals surface area (Å²) in [5.41, 5.74) is 1.75. The van der Waals surface area contributed by atoms with Gasteiger partial charge in [0, 0.05) is 38.3 Å². The third-order valence-corrected chi connectivity index (χ3v) is 6.73. The molecule has 8 heteroatoms. The average molecular weight is 437 g/mol. The van der Waals surface area contributed by atoms with E-state index >= 15 is 0 Å². The van der Waals surface area contributed by atoms with Crippen LogP contribution in [0.1, 0.15) is 35.5 Å². The van der Waals surface area contributed by atoms with E-state index in [-0.39, 0.29) is 11.9 Å². The lowest BCUT2D eigenvalue weighted by atomic mass is 9.78. The summed E-state index contributed by atoms with van der Waals surface area (Å²) >= 11 is 12.5. The van der Waals surface area contributed by atoms with Gasteiger partial charge in [-0.1, -0.05) is 34.4 Å². The summed E-state index contributed by atoms with van der Waals surface area (Å²) in [5.74, 6) is 0.811. The molecule has 29 heavy (non-hydrogen) atoms. The molecule has 1 amide bonds. The molecule has 0 atom stereocenters. The highest BCUT2D eigenvalue weighted by Crippen LogP contribution is 2.33. The lowest BCUT2D eigenvalue weighted by Gasteiger charge is -2.39. The molecule has 1 aliphatic heterocycles. The molecular weight excluding hydrogens is 411 g/mol. The van der Waals surface area contributed by atoms with Crippen LogP contribution in [-0.4, -0.2) is 54.7 Å². The van der Waals surface area contributed by atoms with Gasteiger partial charge in [-0.2, -0.15) is 0 Å². The standard InChI is InChI=1S/C21H26Cl2N4O2/c1-14-11-19(29-25-14)21(28)24-16-12-15(13-16)5-6-26-7-9-27(10-8-26)18-4-2-3-17(22)20(18)23/h2-4,11,15-16H,5-10,12-13H2,1H3,(H,24,28)/t15-,16+. The fourth-order valence-electron chi connectivity index (χ4n) is 4.13. The first kappa shape index (κ1) is 20.5. The Morgan fingerprint density at radius 3 is 2.69 bits per heavy atom. The molecule has 2 fully saturated rings. The number of aryl methyl sites for hydroxylation is 1. The Kier molecular flexibility index (Phi) is 6.32. The number of anilines is 1. The highest BCUT2D eigenvalue weighted by molar-refractivity contribution is 6.43. The first-order valence-corrected chi connectivity index (χ1v) is 10.9. The van der Waals surface area contributed by atoms with E-state index in [1.165, 1.54) is 6.42 Å². The van der Waals surface area contributed by atoms with E-state index in [1.54, 1.807) is 6.07 Å². The van der Waals surface area contributed by atoms with Gasteiger partial charge in [0.05, 0.1) is 21.4 Å². The second kappa shape index (κ2) is 8.94. The van der Waals surface area contributed by atoms with Crippen molar-refractivity contribution in [2.24, 2.45) is 5.92 Å². The molecule has 4 rings (SSSR count). The minimum Gasteiger partial charge on any atom is -0.368 e. The first-order valence-electron chi connectivity index (χ1n) is 10.1. The number of nitrogens with one attached hydrogen (secondary N) is 1. The number of amides is 1. The molecular formula is C21H26Cl2N4O2. The number of halogens is 2. The molecule has 1 aliphatic carbocycles. The summed E-state index contributed by atoms with van der Waals surface area (Å²) in [6, 6.07) is 7.73. The fraction of sp³-hybridized carbons (Fsp3) is 0.524. The highest BCUT2D eigenvalue weighted by Gasteiger charge is 2.31. The largest absolute Gasteiger partial charge is 0.368 e. The maximum absolute atomic E-state index is 12.1. The van der Waals surface area contributed by atoms with Gasteiger partial charge in [-0.25, -0.2) is 0 Å². The monoisotopic (exact) mass is 436 g/mol. The lowest BCUT2D eigenvalue weighted by Crippen LogP contribution is -2.48. The van der Waals surface area contributed by atoms with Crippen LogP contribution < -0.4 is 10.2 Å². The zero-order valence-electron chi connectivity index (χ0n) is 16.5. The number of nitrogens with zero attached hydrogens (tertiary/aromatic N) is 3. The number of hydrogen-bond acceptors (Lipinski definition) is 5. The van der Waals surface area contributed by atoms with Crippen molar-refractivity contribution in [3.63, 3.8) is 0 Å². The summed E-state index contributed by atoms with van der Waals surface area (Å²) in [5, 5.41) is 8.04. The van der Waals surface area contributed by atoms with E-state index in [9.17, 15) is 4.79 Å². The second-order valence-electron chi connectivity index (χ2n) is 8.03. The Labute approximate surface area is 181 Å². The van der Waals surface area contributed by atoms with Crippen molar-refractivity contribution >= 4 is 34.8 Å². The number of hydrogen-bond donors (Lipinski definition) is 1. The number of benzene rings is 1. The van der Waals surface area contributed by atoms with E-state index in [4.69, 9.17) is 27.7 Å². The Balaban J connectivity index is 1.15. The normalized spacial score (nSPS) is 22.4. The van der Waals surface area contributed by atoms with E-state index < -0.39 is 0 Å². The van der Waals surface area contributed by atoms with Crippen LogP contribution >= 0.6 is 23.2 Å². The molecule has 0 radical (unpaired) electrons. The number of rotatable bonds is 6. The third kappa shape index (κ3) is 4.87. The molecule has 1 saturated heterocycles. The van der Waals surface area contributed by atoms with Gasteiger partial charge in [-0.15, -0.1) is 0 Å². The summed E-state index contributed by atoms with van der Waals surface area (Å²) < 4.78 is 5.02. The number of aromatic nitrogens is 1. The average Bonchev–Trinajstić information content (AvgIpc) is 3.12. The van der Waals surface area contributed by atoms with Crippen molar-refractivity contribution in [1.29, 1.82) is 0 Å². The van der Waals surface area contributed by atoms with Gasteiger partial charge in [0.2, 0.25) is 5.76 Å². The van der Waals surface area contributed by atoms with Crippen molar-refractivity contribution in [3.8, 4) is 0 Å². The first-order chi connectivity index (χ1) is 14.0. The maximum atomic E-state index is 12.1. The van der Waals surface area contributed by atoms with Crippen LogP contribution in [0.5, 0.6) is 0 Å². The third-order valence-electron chi connectivity index (χ3n) is 5.92. The van der Waals surface area contributed by atoms with Crippen molar-refractivity contribution < 1.29 is 9.32 Å². The number of carbonyl (C=O) groups is 1. The number of piperazine rings is 1. The molecule has 1 aromatic heterocycles. The summed E-state index contributed by atoms with van der Waals surface area (Å²) in [6.45, 7) is 6.88. The summed E-state index contributed by atoms with van der Waals surface area (Å²) in [4.78, 5) is 16.9. The quantitative estimate of drug-likeness (QED) is 0.740. The highest BCUT2D eigenvalue weighted by atomic mass is 35.5. The van der Waals surface area contributed by atoms with Gasteiger partial charge in [0.15, 0.2) is 0 Å². The van der Waals surface area contributed by atoms with Gasteiger partial charge < -0.3 is 14.7 Å². The molecule has 6 nitrogen and oxygen atoms in total. The van der Waals surface area contributed by atoms with Crippen molar-refractivity contribution in [3.05, 3.63) is 45.8 Å². The van der Waals surface area contributed by atoms with E-state index in [1.807, 2.05) is 25.1 Å². The van der Waals surface area contributed by atoms with Gasteiger partial charge in [0.1, 0.15) is 0 Å². The van der Waals surface area contributed by atoms with Crippen molar-refractivity contribution in [1.82, 2.24) is 15.4 Å². The molecule has 2 aliphatic rings. The minimum atomic E-state index is -0.162. The van der Waals surface area contributed by atoms with Crippen LogP contribution in [-0.2, 0) is 0 Å². The molecule has 0 spiro atoms. The molecule has 1 saturated carbocycles. The molecule has 2 aromatic rings. The Morgan fingerprint density at radius 1 is 1.24 bits per heavy atom. The second-order valence-corrected chi connectivity index (χ2v) is 8.82. The predicted molar refractivity (Wildman–Crippen MR) is 115 cm³/mol.